The molecule has 0 aromatic heterocycles. The Balaban J connectivity index is 1.57. The molecule has 1 saturated heterocycles. The second kappa shape index (κ2) is 9.28. The predicted molar refractivity (Wildman–Crippen MR) is 110 cm³/mol. The summed E-state index contributed by atoms with van der Waals surface area (Å²) in [5.41, 5.74) is 1.38. The minimum Gasteiger partial charge on any atom is -0.504 e. The van der Waals surface area contributed by atoms with Gasteiger partial charge in [-0.15, -0.1) is 0 Å². The highest BCUT2D eigenvalue weighted by Gasteiger charge is 2.18. The minimum atomic E-state index is -0.258. The molecule has 0 spiro atoms. The lowest BCUT2D eigenvalue weighted by atomic mass is 10.1. The Morgan fingerprint density at radius 3 is 2.71 bits per heavy atom. The number of carbonyl (C=O) groups excluding carboxylic acids is 1. The Labute approximate surface area is 165 Å². The fourth-order valence-corrected chi connectivity index (χ4v) is 3.11. The first-order valence-electron chi connectivity index (χ1n) is 9.35. The van der Waals surface area contributed by atoms with Crippen molar-refractivity contribution in [1.82, 2.24) is 4.90 Å². The maximum absolute atomic E-state index is 12.2. The van der Waals surface area contributed by atoms with E-state index in [1.807, 2.05) is 24.3 Å². The number of piperidine rings is 1. The number of phenols is 1. The van der Waals surface area contributed by atoms with Gasteiger partial charge in [0.25, 0.3) is 0 Å². The van der Waals surface area contributed by atoms with Crippen molar-refractivity contribution in [2.75, 3.05) is 32.6 Å². The summed E-state index contributed by atoms with van der Waals surface area (Å²) in [6.07, 6.45) is 5.28. The van der Waals surface area contributed by atoms with E-state index in [-0.39, 0.29) is 17.8 Å². The fraction of sp³-hybridized carbons (Fsp3) is 0.318. The molecule has 3 rings (SSSR count). The van der Waals surface area contributed by atoms with Crippen LogP contribution in [0.4, 0.5) is 5.69 Å². The van der Waals surface area contributed by atoms with Gasteiger partial charge in [0, 0.05) is 30.9 Å². The van der Waals surface area contributed by atoms with Crippen molar-refractivity contribution in [2.24, 2.45) is 0 Å². The van der Waals surface area contributed by atoms with Gasteiger partial charge in [0.1, 0.15) is 11.9 Å². The molecule has 0 aliphatic carbocycles. The normalized spacial score (nSPS) is 15.5. The summed E-state index contributed by atoms with van der Waals surface area (Å²) in [6, 6.07) is 12.4. The lowest BCUT2D eigenvalue weighted by Gasteiger charge is -2.29. The molecule has 1 amide bonds. The summed E-state index contributed by atoms with van der Waals surface area (Å²) < 4.78 is 11.1. The highest BCUT2D eigenvalue weighted by Crippen LogP contribution is 2.27. The van der Waals surface area contributed by atoms with E-state index < -0.39 is 0 Å². The molecular weight excluding hydrogens is 356 g/mol. The number of hydrogen-bond acceptors (Lipinski definition) is 5. The van der Waals surface area contributed by atoms with E-state index in [9.17, 15) is 9.90 Å². The first kappa shape index (κ1) is 19.8. The topological polar surface area (TPSA) is 71.0 Å². The number of rotatable bonds is 6. The number of likely N-dealkylation sites (tertiary alicyclic amines) is 1. The minimum absolute atomic E-state index is 0.0313. The number of amides is 1. The van der Waals surface area contributed by atoms with E-state index in [2.05, 4.69) is 17.3 Å². The fourth-order valence-electron chi connectivity index (χ4n) is 3.11. The highest BCUT2D eigenvalue weighted by molar-refractivity contribution is 6.02. The molecule has 0 atom stereocenters. The van der Waals surface area contributed by atoms with Crippen LogP contribution in [0.15, 0.2) is 48.5 Å². The third-order valence-electron chi connectivity index (χ3n) is 4.70. The maximum Gasteiger partial charge on any atom is 0.248 e. The molecule has 1 heterocycles. The van der Waals surface area contributed by atoms with Crippen LogP contribution in [-0.2, 0) is 4.79 Å². The van der Waals surface area contributed by atoms with Crippen LogP contribution in [0.5, 0.6) is 17.2 Å². The van der Waals surface area contributed by atoms with Gasteiger partial charge < -0.3 is 24.8 Å². The van der Waals surface area contributed by atoms with Crippen LogP contribution in [0.1, 0.15) is 18.4 Å². The number of ether oxygens (including phenoxy) is 2. The van der Waals surface area contributed by atoms with Crippen molar-refractivity contribution < 1.29 is 19.4 Å². The zero-order valence-corrected chi connectivity index (χ0v) is 16.2. The Kier molecular flexibility index (Phi) is 6.55. The van der Waals surface area contributed by atoms with E-state index in [4.69, 9.17) is 9.47 Å². The number of methoxy groups -OCH3 is 1. The molecule has 0 radical (unpaired) electrons. The largest absolute Gasteiger partial charge is 0.504 e. The molecule has 1 aliphatic heterocycles. The first-order chi connectivity index (χ1) is 13.5. The summed E-state index contributed by atoms with van der Waals surface area (Å²) >= 11 is 0. The van der Waals surface area contributed by atoms with E-state index in [1.165, 1.54) is 13.2 Å². The van der Waals surface area contributed by atoms with Gasteiger partial charge >= 0.3 is 0 Å². The number of nitrogens with one attached hydrogen (secondary N) is 1. The van der Waals surface area contributed by atoms with E-state index in [1.54, 1.807) is 24.3 Å². The number of hydrogen-bond donors (Lipinski definition) is 2. The molecule has 1 aliphatic rings. The molecule has 28 heavy (non-hydrogen) atoms. The van der Waals surface area contributed by atoms with Crippen molar-refractivity contribution in [1.29, 1.82) is 0 Å². The van der Waals surface area contributed by atoms with Crippen LogP contribution in [0.2, 0.25) is 0 Å². The van der Waals surface area contributed by atoms with E-state index in [0.29, 0.717) is 17.0 Å². The van der Waals surface area contributed by atoms with Gasteiger partial charge in [-0.2, -0.15) is 0 Å². The van der Waals surface area contributed by atoms with Gasteiger partial charge in [0.15, 0.2) is 11.5 Å². The standard InChI is InChI=1S/C22H26N2O4/c1-24-12-10-18(11-13-24)28-19-5-3-4-17(15-19)23-22(26)9-7-16-6-8-21(27-2)20(25)14-16/h3-9,14-15,18,25H,10-13H2,1-2H3,(H,23,26). The van der Waals surface area contributed by atoms with Crippen molar-refractivity contribution >= 4 is 17.7 Å². The molecular formula is C22H26N2O4. The van der Waals surface area contributed by atoms with Crippen molar-refractivity contribution in [3.05, 3.63) is 54.1 Å². The van der Waals surface area contributed by atoms with Gasteiger partial charge in [-0.25, -0.2) is 0 Å². The molecule has 6 nitrogen and oxygen atoms in total. The summed E-state index contributed by atoms with van der Waals surface area (Å²) in [4.78, 5) is 14.5. The van der Waals surface area contributed by atoms with Gasteiger partial charge in [-0.3, -0.25) is 4.79 Å². The van der Waals surface area contributed by atoms with Crippen LogP contribution in [0.25, 0.3) is 6.08 Å². The SMILES string of the molecule is COc1ccc(C=CC(=O)Nc2cccc(OC3CCN(C)CC3)c2)cc1O. The van der Waals surface area contributed by atoms with E-state index in [0.717, 1.165) is 31.7 Å². The summed E-state index contributed by atoms with van der Waals surface area (Å²) in [7, 11) is 3.61. The van der Waals surface area contributed by atoms with Crippen molar-refractivity contribution in [2.45, 2.75) is 18.9 Å². The average Bonchev–Trinajstić information content (AvgIpc) is 2.68. The summed E-state index contributed by atoms with van der Waals surface area (Å²) in [5, 5.41) is 12.6. The molecule has 0 bridgehead atoms. The molecule has 2 aromatic carbocycles. The van der Waals surface area contributed by atoms with Crippen LogP contribution in [-0.4, -0.2) is 49.3 Å². The average molecular weight is 382 g/mol. The lowest BCUT2D eigenvalue weighted by molar-refractivity contribution is -0.111. The Morgan fingerprint density at radius 2 is 2.00 bits per heavy atom. The second-order valence-electron chi connectivity index (χ2n) is 6.90. The zero-order valence-electron chi connectivity index (χ0n) is 16.2. The molecule has 0 unspecified atom stereocenters. The van der Waals surface area contributed by atoms with Gasteiger partial charge in [0.05, 0.1) is 7.11 Å². The number of phenolic OH excluding ortho intramolecular Hbond substituents is 1. The first-order valence-corrected chi connectivity index (χ1v) is 9.35. The Bertz CT molecular complexity index is 842. The maximum atomic E-state index is 12.2. The molecule has 6 heteroatoms. The lowest BCUT2D eigenvalue weighted by Crippen LogP contribution is -2.35. The monoisotopic (exact) mass is 382 g/mol. The number of aromatic hydroxyl groups is 1. The summed E-state index contributed by atoms with van der Waals surface area (Å²) in [5.74, 6) is 0.926. The third-order valence-corrected chi connectivity index (χ3v) is 4.70. The van der Waals surface area contributed by atoms with Crippen LogP contribution < -0.4 is 14.8 Å². The Hall–Kier alpha value is -2.99. The van der Waals surface area contributed by atoms with Crippen LogP contribution >= 0.6 is 0 Å². The molecule has 148 valence electrons. The summed E-state index contributed by atoms with van der Waals surface area (Å²) in [6.45, 7) is 2.07. The van der Waals surface area contributed by atoms with Crippen molar-refractivity contribution in [3.63, 3.8) is 0 Å². The smallest absolute Gasteiger partial charge is 0.248 e. The third kappa shape index (κ3) is 5.50. The van der Waals surface area contributed by atoms with E-state index >= 15 is 0 Å². The molecule has 2 aromatic rings. The molecule has 2 N–H and O–H groups in total. The quantitative estimate of drug-likeness (QED) is 0.748. The Morgan fingerprint density at radius 1 is 1.21 bits per heavy atom. The number of nitrogens with zero attached hydrogens (tertiary/aromatic N) is 1. The van der Waals surface area contributed by atoms with Gasteiger partial charge in [-0.05, 0) is 55.8 Å². The molecule has 0 saturated carbocycles. The number of carbonyl (C=O) groups is 1. The van der Waals surface area contributed by atoms with Crippen molar-refractivity contribution in [3.8, 4) is 17.2 Å². The van der Waals surface area contributed by atoms with Crippen LogP contribution in [0, 0.1) is 0 Å². The van der Waals surface area contributed by atoms with Gasteiger partial charge in [0.2, 0.25) is 5.91 Å². The molecule has 1 fully saturated rings. The highest BCUT2D eigenvalue weighted by atomic mass is 16.5. The second-order valence-corrected chi connectivity index (χ2v) is 6.90. The predicted octanol–water partition coefficient (Wildman–Crippen LogP) is 3.53. The van der Waals surface area contributed by atoms with Crippen LogP contribution in [0.3, 0.4) is 0 Å². The number of anilines is 1. The van der Waals surface area contributed by atoms with Gasteiger partial charge in [-0.1, -0.05) is 12.1 Å². The zero-order chi connectivity index (χ0) is 19.9. The number of benzene rings is 2.